The molecule has 3 aliphatic rings. The normalized spacial score (nSPS) is 28.5. The summed E-state index contributed by atoms with van der Waals surface area (Å²) in [5.74, 6) is 0.666. The maximum atomic E-state index is 14.8. The summed E-state index contributed by atoms with van der Waals surface area (Å²) in [4.78, 5) is 26.6. The minimum absolute atomic E-state index is 0.181. The first-order valence-corrected chi connectivity index (χ1v) is 9.86. The first-order chi connectivity index (χ1) is 13.3. The van der Waals surface area contributed by atoms with Crippen LogP contribution in [0, 0.1) is 17.7 Å². The third-order valence-electron chi connectivity index (χ3n) is 5.76. The van der Waals surface area contributed by atoms with E-state index in [1.807, 2.05) is 0 Å². The summed E-state index contributed by atoms with van der Waals surface area (Å²) in [6.07, 6.45) is -0.956. The summed E-state index contributed by atoms with van der Waals surface area (Å²) >= 11 is 0. The Kier molecular flexibility index (Phi) is 4.91. The van der Waals surface area contributed by atoms with Gasteiger partial charge in [0.1, 0.15) is 11.9 Å². The Morgan fingerprint density at radius 3 is 2.61 bits per heavy atom. The molecule has 2 aliphatic heterocycles. The number of halogens is 1. The molecule has 1 saturated carbocycles. The van der Waals surface area contributed by atoms with Crippen LogP contribution in [-0.4, -0.2) is 56.4 Å². The van der Waals surface area contributed by atoms with E-state index in [0.29, 0.717) is 35.3 Å². The molecule has 152 valence electrons. The molecule has 8 heteroatoms. The standard InChI is InChI=1S/C20H27FN4O3/c1-11(2)23-19-15-9-24(10-16(15)19)18-5-4-13(6-17(18)21)25-8-14(28-20(25)27)7-22-12(3)26/h4-6,11,14-16,19,23H,7-10H2,1-3H3,(H,22,26)/t14-,15-,16+,19?/m0/s1. The van der Waals surface area contributed by atoms with Crippen LogP contribution in [0.2, 0.25) is 0 Å². The number of amides is 2. The van der Waals surface area contributed by atoms with Crippen molar-refractivity contribution in [1.82, 2.24) is 10.6 Å². The number of anilines is 2. The van der Waals surface area contributed by atoms with E-state index in [1.54, 1.807) is 12.1 Å². The van der Waals surface area contributed by atoms with Gasteiger partial charge >= 0.3 is 6.09 Å². The lowest BCUT2D eigenvalue weighted by Crippen LogP contribution is -2.35. The zero-order valence-electron chi connectivity index (χ0n) is 16.4. The molecule has 2 saturated heterocycles. The zero-order chi connectivity index (χ0) is 20.0. The Hall–Kier alpha value is -2.35. The van der Waals surface area contributed by atoms with Gasteiger partial charge in [-0.05, 0) is 30.0 Å². The van der Waals surface area contributed by atoms with E-state index in [0.717, 1.165) is 13.1 Å². The summed E-state index contributed by atoms with van der Waals surface area (Å²) < 4.78 is 20.0. The molecule has 1 aromatic rings. The number of nitrogens with zero attached hydrogens (tertiary/aromatic N) is 2. The topological polar surface area (TPSA) is 73.9 Å². The minimum Gasteiger partial charge on any atom is -0.442 e. The van der Waals surface area contributed by atoms with Gasteiger partial charge in [-0.2, -0.15) is 0 Å². The fourth-order valence-electron chi connectivity index (χ4n) is 4.37. The second-order valence-electron chi connectivity index (χ2n) is 8.27. The molecule has 2 amide bonds. The second kappa shape index (κ2) is 7.24. The maximum Gasteiger partial charge on any atom is 0.414 e. The molecule has 4 atom stereocenters. The van der Waals surface area contributed by atoms with Crippen LogP contribution in [0.4, 0.5) is 20.6 Å². The van der Waals surface area contributed by atoms with Gasteiger partial charge in [0.05, 0.1) is 24.5 Å². The van der Waals surface area contributed by atoms with Crippen LogP contribution < -0.4 is 20.4 Å². The van der Waals surface area contributed by atoms with E-state index in [1.165, 1.54) is 17.9 Å². The average molecular weight is 390 g/mol. The van der Waals surface area contributed by atoms with Gasteiger partial charge in [0.15, 0.2) is 0 Å². The molecule has 28 heavy (non-hydrogen) atoms. The Morgan fingerprint density at radius 1 is 1.29 bits per heavy atom. The summed E-state index contributed by atoms with van der Waals surface area (Å²) in [5, 5.41) is 6.21. The monoisotopic (exact) mass is 390 g/mol. The van der Waals surface area contributed by atoms with Crippen molar-refractivity contribution in [1.29, 1.82) is 0 Å². The molecule has 7 nitrogen and oxygen atoms in total. The Morgan fingerprint density at radius 2 is 2.00 bits per heavy atom. The number of carbonyl (C=O) groups is 2. The van der Waals surface area contributed by atoms with Crippen molar-refractivity contribution < 1.29 is 18.7 Å². The summed E-state index contributed by atoms with van der Waals surface area (Å²) in [6, 6.07) is 5.92. The van der Waals surface area contributed by atoms with Gasteiger partial charge in [0.2, 0.25) is 5.91 Å². The fraction of sp³-hybridized carbons (Fsp3) is 0.600. The highest BCUT2D eigenvalue weighted by atomic mass is 19.1. The number of nitrogens with one attached hydrogen (secondary N) is 2. The third kappa shape index (κ3) is 3.65. The molecule has 0 radical (unpaired) electrons. The van der Waals surface area contributed by atoms with E-state index >= 15 is 0 Å². The Labute approximate surface area is 164 Å². The number of benzene rings is 1. The molecule has 1 aromatic carbocycles. The van der Waals surface area contributed by atoms with Crippen LogP contribution in [0.25, 0.3) is 0 Å². The molecule has 0 bridgehead atoms. The zero-order valence-corrected chi connectivity index (χ0v) is 16.4. The SMILES string of the molecule is CC(=O)NC[C@H]1CN(c2ccc(N3C[C@@H]4C(NC(C)C)[C@@H]4C3)c(F)c2)C(=O)O1. The first kappa shape index (κ1) is 19.0. The average Bonchev–Trinajstić information content (AvgIpc) is 2.99. The van der Waals surface area contributed by atoms with E-state index in [4.69, 9.17) is 4.74 Å². The van der Waals surface area contributed by atoms with Gasteiger partial charge in [0, 0.05) is 32.1 Å². The number of cyclic esters (lactones) is 1. The minimum atomic E-state index is -0.521. The van der Waals surface area contributed by atoms with Crippen LogP contribution in [0.15, 0.2) is 18.2 Å². The number of ether oxygens (including phenoxy) is 1. The first-order valence-electron chi connectivity index (χ1n) is 9.86. The van der Waals surface area contributed by atoms with Crippen molar-refractivity contribution in [3.63, 3.8) is 0 Å². The number of hydrogen-bond donors (Lipinski definition) is 2. The number of hydrogen-bond acceptors (Lipinski definition) is 5. The van der Waals surface area contributed by atoms with Crippen LogP contribution in [0.1, 0.15) is 20.8 Å². The lowest BCUT2D eigenvalue weighted by Gasteiger charge is -2.24. The van der Waals surface area contributed by atoms with Crippen molar-refractivity contribution >= 4 is 23.4 Å². The lowest BCUT2D eigenvalue weighted by atomic mass is 10.2. The van der Waals surface area contributed by atoms with E-state index in [9.17, 15) is 14.0 Å². The number of piperidine rings is 1. The molecule has 0 spiro atoms. The van der Waals surface area contributed by atoms with Gasteiger partial charge in [-0.25, -0.2) is 9.18 Å². The number of fused-ring (bicyclic) bond motifs is 1. The van der Waals surface area contributed by atoms with Crippen molar-refractivity contribution in [3.8, 4) is 0 Å². The van der Waals surface area contributed by atoms with Crippen LogP contribution in [0.3, 0.4) is 0 Å². The second-order valence-corrected chi connectivity index (χ2v) is 8.27. The molecule has 3 fully saturated rings. The van der Waals surface area contributed by atoms with Gasteiger partial charge in [-0.1, -0.05) is 13.8 Å². The van der Waals surface area contributed by atoms with E-state index < -0.39 is 12.2 Å². The predicted molar refractivity (Wildman–Crippen MR) is 104 cm³/mol. The highest BCUT2D eigenvalue weighted by Crippen LogP contribution is 2.47. The van der Waals surface area contributed by atoms with Crippen LogP contribution in [-0.2, 0) is 9.53 Å². The third-order valence-corrected chi connectivity index (χ3v) is 5.76. The molecule has 1 unspecified atom stereocenters. The smallest absolute Gasteiger partial charge is 0.414 e. The highest BCUT2D eigenvalue weighted by Gasteiger charge is 2.55. The van der Waals surface area contributed by atoms with Crippen LogP contribution in [0.5, 0.6) is 0 Å². The van der Waals surface area contributed by atoms with Crippen LogP contribution >= 0.6 is 0 Å². The quantitative estimate of drug-likeness (QED) is 0.774. The molecule has 4 rings (SSSR count). The number of rotatable bonds is 6. The fourth-order valence-corrected chi connectivity index (χ4v) is 4.37. The van der Waals surface area contributed by atoms with Gasteiger partial charge < -0.3 is 20.3 Å². The lowest BCUT2D eigenvalue weighted by molar-refractivity contribution is -0.119. The van der Waals surface area contributed by atoms with Gasteiger partial charge in [-0.3, -0.25) is 9.69 Å². The van der Waals surface area contributed by atoms with Crippen molar-refractivity contribution in [2.75, 3.05) is 36.0 Å². The summed E-state index contributed by atoms with van der Waals surface area (Å²) in [7, 11) is 0. The van der Waals surface area contributed by atoms with Gasteiger partial charge in [-0.15, -0.1) is 0 Å². The molecule has 2 heterocycles. The largest absolute Gasteiger partial charge is 0.442 e. The van der Waals surface area contributed by atoms with Crippen molar-refractivity contribution in [3.05, 3.63) is 24.0 Å². The Balaban J connectivity index is 1.38. The van der Waals surface area contributed by atoms with Crippen molar-refractivity contribution in [2.45, 2.75) is 39.0 Å². The maximum absolute atomic E-state index is 14.8. The molecule has 0 aromatic heterocycles. The van der Waals surface area contributed by atoms with Gasteiger partial charge in [0.25, 0.3) is 0 Å². The molecular weight excluding hydrogens is 363 g/mol. The molecule has 2 N–H and O–H groups in total. The molecular formula is C20H27FN4O3. The predicted octanol–water partition coefficient (Wildman–Crippen LogP) is 1.72. The van der Waals surface area contributed by atoms with E-state index in [-0.39, 0.29) is 24.8 Å². The highest BCUT2D eigenvalue weighted by molar-refractivity contribution is 5.90. The van der Waals surface area contributed by atoms with E-state index in [2.05, 4.69) is 29.4 Å². The summed E-state index contributed by atoms with van der Waals surface area (Å²) in [5.41, 5.74) is 1.06. The molecule has 1 aliphatic carbocycles. The Bertz CT molecular complexity index is 775. The number of carbonyl (C=O) groups excluding carboxylic acids is 2. The van der Waals surface area contributed by atoms with Crippen molar-refractivity contribution in [2.24, 2.45) is 11.8 Å². The summed E-state index contributed by atoms with van der Waals surface area (Å²) in [6.45, 7) is 7.95.